The first kappa shape index (κ1) is 24.8. The monoisotopic (exact) mass is 490 g/mol. The van der Waals surface area contributed by atoms with Crippen molar-refractivity contribution in [1.82, 2.24) is 25.3 Å². The zero-order valence-corrected chi connectivity index (χ0v) is 20.2. The average molecular weight is 491 g/mol. The van der Waals surface area contributed by atoms with E-state index in [1.165, 1.54) is 6.20 Å². The maximum Gasteiger partial charge on any atom is 0.258 e. The van der Waals surface area contributed by atoms with E-state index in [4.69, 9.17) is 23.2 Å². The molecular formula is C23H28Cl2N6O2. The van der Waals surface area contributed by atoms with Crippen LogP contribution in [0.1, 0.15) is 28.9 Å². The molecule has 0 unspecified atom stereocenters. The maximum absolute atomic E-state index is 12.7. The predicted molar refractivity (Wildman–Crippen MR) is 132 cm³/mol. The summed E-state index contributed by atoms with van der Waals surface area (Å²) in [5.41, 5.74) is 1.83. The van der Waals surface area contributed by atoms with E-state index in [9.17, 15) is 9.59 Å². The molecule has 33 heavy (non-hydrogen) atoms. The van der Waals surface area contributed by atoms with Gasteiger partial charge in [0.15, 0.2) is 0 Å². The van der Waals surface area contributed by atoms with Gasteiger partial charge in [0.1, 0.15) is 5.69 Å². The van der Waals surface area contributed by atoms with Gasteiger partial charge in [-0.3, -0.25) is 14.7 Å². The molecule has 0 spiro atoms. The largest absolute Gasteiger partial charge is 0.381 e. The second-order valence-electron chi connectivity index (χ2n) is 8.10. The molecule has 0 bridgehead atoms. The number of hydrogen-bond acceptors (Lipinski definition) is 5. The number of carbonyl (C=O) groups is 2. The van der Waals surface area contributed by atoms with Gasteiger partial charge >= 0.3 is 0 Å². The van der Waals surface area contributed by atoms with Crippen molar-refractivity contribution in [2.45, 2.75) is 18.9 Å². The highest BCUT2D eigenvalue weighted by atomic mass is 35.5. The number of carbonyl (C=O) groups excluding carboxylic acids is 2. The number of benzene rings is 1. The number of amides is 2. The Kier molecular flexibility index (Phi) is 8.55. The molecule has 1 aliphatic rings. The van der Waals surface area contributed by atoms with Crippen LogP contribution in [0.5, 0.6) is 0 Å². The van der Waals surface area contributed by atoms with E-state index in [0.29, 0.717) is 30.2 Å². The van der Waals surface area contributed by atoms with Crippen molar-refractivity contribution in [2.24, 2.45) is 0 Å². The van der Waals surface area contributed by atoms with Crippen LogP contribution in [0, 0.1) is 0 Å². The van der Waals surface area contributed by atoms with Crippen molar-refractivity contribution in [3.63, 3.8) is 0 Å². The number of hydrogen-bond donors (Lipinski definition) is 3. The van der Waals surface area contributed by atoms with Gasteiger partial charge in [-0.1, -0.05) is 41.9 Å². The number of H-pyrrole nitrogens is 1. The van der Waals surface area contributed by atoms with Crippen molar-refractivity contribution in [2.75, 3.05) is 39.0 Å². The zero-order valence-electron chi connectivity index (χ0n) is 18.7. The van der Waals surface area contributed by atoms with Gasteiger partial charge in [0.25, 0.3) is 5.91 Å². The minimum absolute atomic E-state index is 0.0333. The first-order valence-corrected chi connectivity index (χ1v) is 11.4. The Balaban J connectivity index is 1.55. The Labute approximate surface area is 203 Å². The summed E-state index contributed by atoms with van der Waals surface area (Å²) in [6.07, 6.45) is 6.59. The number of piperidine rings is 1. The summed E-state index contributed by atoms with van der Waals surface area (Å²) in [4.78, 5) is 28.9. The summed E-state index contributed by atoms with van der Waals surface area (Å²) < 4.78 is 0. The number of nitrogens with one attached hydrogen (secondary N) is 3. The van der Waals surface area contributed by atoms with Crippen LogP contribution in [0.4, 0.5) is 5.69 Å². The molecule has 0 aliphatic carbocycles. The number of likely N-dealkylation sites (N-methyl/N-ethyl adjacent to an activating group) is 1. The molecule has 0 saturated carbocycles. The molecule has 1 fully saturated rings. The number of aromatic nitrogens is 2. The van der Waals surface area contributed by atoms with Crippen LogP contribution in [0.25, 0.3) is 5.70 Å². The van der Waals surface area contributed by atoms with Crippen molar-refractivity contribution in [3.05, 3.63) is 64.4 Å². The third-order valence-electron chi connectivity index (χ3n) is 5.30. The first-order valence-electron chi connectivity index (χ1n) is 10.6. The van der Waals surface area contributed by atoms with Crippen molar-refractivity contribution >= 4 is 46.4 Å². The molecule has 2 amide bonds. The summed E-state index contributed by atoms with van der Waals surface area (Å²) in [5.74, 6) is -0.402. The number of likely N-dealkylation sites (tertiary alicyclic amines) is 1. The smallest absolute Gasteiger partial charge is 0.258 e. The predicted octanol–water partition coefficient (Wildman–Crippen LogP) is 3.64. The molecule has 10 heteroatoms. The fraction of sp³-hybridized carbons (Fsp3) is 0.348. The van der Waals surface area contributed by atoms with E-state index in [2.05, 4.69) is 27.4 Å². The van der Waals surface area contributed by atoms with Gasteiger partial charge in [-0.25, -0.2) is 0 Å². The Bertz CT molecular complexity index is 1020. The molecule has 3 rings (SSSR count). The van der Waals surface area contributed by atoms with Crippen molar-refractivity contribution in [1.29, 1.82) is 0 Å². The van der Waals surface area contributed by atoms with Crippen LogP contribution >= 0.6 is 23.2 Å². The van der Waals surface area contributed by atoms with Crippen LogP contribution in [0.2, 0.25) is 10.0 Å². The number of halogens is 2. The van der Waals surface area contributed by atoms with Crippen LogP contribution in [-0.4, -0.2) is 71.6 Å². The topological polar surface area (TPSA) is 93.4 Å². The third kappa shape index (κ3) is 6.60. The van der Waals surface area contributed by atoms with Gasteiger partial charge in [0.05, 0.1) is 33.2 Å². The summed E-state index contributed by atoms with van der Waals surface area (Å²) in [7, 11) is 3.92. The van der Waals surface area contributed by atoms with Gasteiger partial charge in [0.2, 0.25) is 5.91 Å². The fourth-order valence-corrected chi connectivity index (χ4v) is 4.11. The Hall–Kier alpha value is -2.81. The van der Waals surface area contributed by atoms with Crippen molar-refractivity contribution in [3.8, 4) is 0 Å². The fourth-order valence-electron chi connectivity index (χ4n) is 3.54. The van der Waals surface area contributed by atoms with Gasteiger partial charge < -0.3 is 20.4 Å². The number of nitrogens with zero attached hydrogens (tertiary/aromatic N) is 3. The lowest BCUT2D eigenvalue weighted by atomic mass is 10.0. The Morgan fingerprint density at radius 1 is 1.27 bits per heavy atom. The van der Waals surface area contributed by atoms with Crippen LogP contribution < -0.4 is 10.6 Å². The van der Waals surface area contributed by atoms with Crippen LogP contribution in [0.3, 0.4) is 0 Å². The SMILES string of the molecule is C=C(NC1CCN(C(=O)/C=C/CN(C)C)CC1)c1[nH]ncc1NC(=O)c1c(Cl)cccc1Cl. The molecule has 1 aromatic heterocycles. The first-order chi connectivity index (χ1) is 15.8. The molecule has 2 aromatic rings. The molecule has 1 aliphatic heterocycles. The average Bonchev–Trinajstić information content (AvgIpc) is 3.22. The molecule has 1 saturated heterocycles. The Morgan fingerprint density at radius 2 is 1.94 bits per heavy atom. The minimum atomic E-state index is -0.435. The van der Waals surface area contributed by atoms with E-state index >= 15 is 0 Å². The van der Waals surface area contributed by atoms with E-state index in [1.807, 2.05) is 30.0 Å². The molecule has 1 aromatic carbocycles. The zero-order chi connectivity index (χ0) is 24.0. The van der Waals surface area contributed by atoms with Crippen LogP contribution in [0.15, 0.2) is 43.1 Å². The van der Waals surface area contributed by atoms with Crippen molar-refractivity contribution < 1.29 is 9.59 Å². The molecular weight excluding hydrogens is 463 g/mol. The quantitative estimate of drug-likeness (QED) is 0.491. The van der Waals surface area contributed by atoms with Gasteiger partial charge in [-0.15, -0.1) is 0 Å². The highest BCUT2D eigenvalue weighted by Crippen LogP contribution is 2.27. The van der Waals surface area contributed by atoms with E-state index in [-0.39, 0.29) is 27.6 Å². The molecule has 2 heterocycles. The van der Waals surface area contributed by atoms with E-state index in [0.717, 1.165) is 19.4 Å². The lowest BCUT2D eigenvalue weighted by Gasteiger charge is -2.32. The minimum Gasteiger partial charge on any atom is -0.381 e. The second-order valence-corrected chi connectivity index (χ2v) is 8.91. The lowest BCUT2D eigenvalue weighted by Crippen LogP contribution is -2.44. The molecule has 176 valence electrons. The molecule has 0 radical (unpaired) electrons. The van der Waals surface area contributed by atoms with Gasteiger partial charge in [-0.2, -0.15) is 5.10 Å². The van der Waals surface area contributed by atoms with Gasteiger partial charge in [-0.05, 0) is 39.1 Å². The maximum atomic E-state index is 12.7. The molecule has 0 atom stereocenters. The number of rotatable bonds is 8. The second kappa shape index (κ2) is 11.4. The number of aromatic amines is 1. The molecule has 8 nitrogen and oxygen atoms in total. The third-order valence-corrected chi connectivity index (χ3v) is 5.93. The van der Waals surface area contributed by atoms with Crippen LogP contribution in [-0.2, 0) is 4.79 Å². The summed E-state index contributed by atoms with van der Waals surface area (Å²) in [5, 5.41) is 13.6. The summed E-state index contributed by atoms with van der Waals surface area (Å²) in [6.45, 7) is 6.15. The summed E-state index contributed by atoms with van der Waals surface area (Å²) in [6, 6.07) is 5.04. The highest BCUT2D eigenvalue weighted by molar-refractivity contribution is 6.40. The lowest BCUT2D eigenvalue weighted by molar-refractivity contribution is -0.127. The Morgan fingerprint density at radius 3 is 2.58 bits per heavy atom. The van der Waals surface area contributed by atoms with E-state index in [1.54, 1.807) is 24.3 Å². The van der Waals surface area contributed by atoms with E-state index < -0.39 is 5.91 Å². The summed E-state index contributed by atoms with van der Waals surface area (Å²) >= 11 is 12.3. The number of anilines is 1. The standard InChI is InChI=1S/C23H28Cl2N6O2/c1-15(27-16-9-12-31(13-10-16)20(32)8-5-11-30(2)3)22-19(14-26-29-22)28-23(33)21-17(24)6-4-7-18(21)25/h4-8,14,16,27H,1,9-13H2,2-3H3,(H,26,29)(H,28,33)/b8-5+. The normalized spacial score (nSPS) is 14.6. The highest BCUT2D eigenvalue weighted by Gasteiger charge is 2.23. The van der Waals surface area contributed by atoms with Gasteiger partial charge in [0, 0.05) is 31.8 Å². The molecule has 3 N–H and O–H groups in total.